The summed E-state index contributed by atoms with van der Waals surface area (Å²) in [5.41, 5.74) is 5.41. The Balaban J connectivity index is 0.00000261. The lowest BCUT2D eigenvalue weighted by molar-refractivity contribution is -0.139. The van der Waals surface area contributed by atoms with Crippen molar-refractivity contribution in [2.75, 3.05) is 26.2 Å². The second-order valence-corrected chi connectivity index (χ2v) is 7.91. The quantitative estimate of drug-likeness (QED) is 0.696. The first-order valence-electron chi connectivity index (χ1n) is 10.2. The first kappa shape index (κ1) is 22.0. The standard InChI is InChI=1S/C19H32N4O3.ClH/c20-9-8-17(24)21-12-16-7-3-4-10-22(16)19(26)14-11-18(25)23(13-14)15-5-1-2-6-15;/h14-16H,1-13,20H2,(H,21,24);1H. The molecule has 0 aromatic rings. The Morgan fingerprint density at radius 1 is 1.11 bits per heavy atom. The Morgan fingerprint density at radius 2 is 1.81 bits per heavy atom. The molecule has 0 aromatic carbocycles. The maximum absolute atomic E-state index is 13.1. The zero-order valence-electron chi connectivity index (χ0n) is 16.0. The maximum Gasteiger partial charge on any atom is 0.228 e. The molecule has 2 heterocycles. The molecule has 2 atom stereocenters. The van der Waals surface area contributed by atoms with E-state index < -0.39 is 0 Å². The largest absolute Gasteiger partial charge is 0.354 e. The predicted molar refractivity (Wildman–Crippen MR) is 105 cm³/mol. The van der Waals surface area contributed by atoms with E-state index in [1.54, 1.807) is 0 Å². The Kier molecular flexibility index (Phi) is 8.35. The number of hydrogen-bond acceptors (Lipinski definition) is 4. The van der Waals surface area contributed by atoms with Crippen molar-refractivity contribution in [2.45, 2.75) is 69.9 Å². The van der Waals surface area contributed by atoms with Crippen molar-refractivity contribution in [1.29, 1.82) is 0 Å². The highest BCUT2D eigenvalue weighted by Gasteiger charge is 2.41. The van der Waals surface area contributed by atoms with Crippen molar-refractivity contribution in [3.8, 4) is 0 Å². The third kappa shape index (κ3) is 5.35. The third-order valence-corrected chi connectivity index (χ3v) is 6.09. The van der Waals surface area contributed by atoms with Gasteiger partial charge in [0, 0.05) is 51.1 Å². The second kappa shape index (κ2) is 10.3. The SMILES string of the molecule is Cl.NCCC(=O)NCC1CCCCN1C(=O)C1CC(=O)N(C2CCCC2)C1. The lowest BCUT2D eigenvalue weighted by Gasteiger charge is -2.37. The summed E-state index contributed by atoms with van der Waals surface area (Å²) >= 11 is 0. The number of likely N-dealkylation sites (tertiary alicyclic amines) is 2. The van der Waals surface area contributed by atoms with Crippen molar-refractivity contribution in [2.24, 2.45) is 11.7 Å². The van der Waals surface area contributed by atoms with Gasteiger partial charge in [-0.3, -0.25) is 14.4 Å². The average molecular weight is 401 g/mol. The third-order valence-electron chi connectivity index (χ3n) is 6.09. The Morgan fingerprint density at radius 3 is 2.52 bits per heavy atom. The Bertz CT molecular complexity index is 539. The second-order valence-electron chi connectivity index (χ2n) is 7.91. The van der Waals surface area contributed by atoms with Crippen LogP contribution in [0.4, 0.5) is 0 Å². The molecule has 1 saturated carbocycles. The number of hydrogen-bond donors (Lipinski definition) is 2. The molecular formula is C19H33ClN4O3. The van der Waals surface area contributed by atoms with Crippen LogP contribution in [0.1, 0.15) is 57.8 Å². The van der Waals surface area contributed by atoms with E-state index in [9.17, 15) is 14.4 Å². The fourth-order valence-corrected chi connectivity index (χ4v) is 4.65. The lowest BCUT2D eigenvalue weighted by atomic mass is 9.98. The topological polar surface area (TPSA) is 95.7 Å². The molecule has 27 heavy (non-hydrogen) atoms. The van der Waals surface area contributed by atoms with E-state index >= 15 is 0 Å². The van der Waals surface area contributed by atoms with Crippen LogP contribution >= 0.6 is 12.4 Å². The molecule has 3 fully saturated rings. The van der Waals surface area contributed by atoms with Gasteiger partial charge < -0.3 is 20.9 Å². The van der Waals surface area contributed by atoms with Gasteiger partial charge in [-0.25, -0.2) is 0 Å². The lowest BCUT2D eigenvalue weighted by Crippen LogP contribution is -2.51. The van der Waals surface area contributed by atoms with E-state index in [0.717, 1.165) is 38.6 Å². The highest BCUT2D eigenvalue weighted by molar-refractivity contribution is 5.89. The van der Waals surface area contributed by atoms with Crippen molar-refractivity contribution in [3.05, 3.63) is 0 Å². The van der Waals surface area contributed by atoms with E-state index in [0.29, 0.717) is 38.5 Å². The van der Waals surface area contributed by atoms with E-state index in [2.05, 4.69) is 5.32 Å². The van der Waals surface area contributed by atoms with Crippen LogP contribution in [0.3, 0.4) is 0 Å². The van der Waals surface area contributed by atoms with Crippen LogP contribution in [-0.4, -0.2) is 65.8 Å². The number of piperidine rings is 1. The van der Waals surface area contributed by atoms with Crippen LogP contribution in [-0.2, 0) is 14.4 Å². The van der Waals surface area contributed by atoms with Crippen LogP contribution in [0.15, 0.2) is 0 Å². The first-order chi connectivity index (χ1) is 12.6. The first-order valence-corrected chi connectivity index (χ1v) is 10.2. The van der Waals surface area contributed by atoms with Crippen LogP contribution < -0.4 is 11.1 Å². The molecule has 154 valence electrons. The predicted octanol–water partition coefficient (Wildman–Crippen LogP) is 1.05. The summed E-state index contributed by atoms with van der Waals surface area (Å²) in [5.74, 6) is -0.0472. The number of rotatable bonds is 6. The van der Waals surface area contributed by atoms with Gasteiger partial charge in [-0.15, -0.1) is 12.4 Å². The van der Waals surface area contributed by atoms with Gasteiger partial charge in [-0.2, -0.15) is 0 Å². The molecule has 2 unspecified atom stereocenters. The number of carbonyl (C=O) groups excluding carboxylic acids is 3. The highest BCUT2D eigenvalue weighted by Crippen LogP contribution is 2.31. The zero-order valence-corrected chi connectivity index (χ0v) is 16.8. The van der Waals surface area contributed by atoms with Crippen molar-refractivity contribution in [1.82, 2.24) is 15.1 Å². The van der Waals surface area contributed by atoms with Crippen molar-refractivity contribution < 1.29 is 14.4 Å². The molecule has 0 aromatic heterocycles. The summed E-state index contributed by atoms with van der Waals surface area (Å²) in [4.78, 5) is 41.1. The molecule has 7 nitrogen and oxygen atoms in total. The smallest absolute Gasteiger partial charge is 0.228 e. The van der Waals surface area contributed by atoms with Crippen LogP contribution in [0.2, 0.25) is 0 Å². The fourth-order valence-electron chi connectivity index (χ4n) is 4.65. The number of nitrogens with two attached hydrogens (primary N) is 1. The van der Waals surface area contributed by atoms with Crippen LogP contribution in [0.5, 0.6) is 0 Å². The summed E-state index contributed by atoms with van der Waals surface area (Å²) in [7, 11) is 0. The van der Waals surface area contributed by atoms with Gasteiger partial charge in [-0.05, 0) is 32.1 Å². The normalized spacial score (nSPS) is 26.2. The van der Waals surface area contributed by atoms with Gasteiger partial charge in [0.05, 0.1) is 5.92 Å². The minimum atomic E-state index is -0.219. The Hall–Kier alpha value is -1.34. The molecule has 0 radical (unpaired) electrons. The van der Waals surface area contributed by atoms with Crippen molar-refractivity contribution >= 4 is 30.1 Å². The molecule has 0 spiro atoms. The molecule has 2 aliphatic heterocycles. The summed E-state index contributed by atoms with van der Waals surface area (Å²) in [5, 5.41) is 2.90. The zero-order chi connectivity index (χ0) is 18.5. The molecule has 1 aliphatic carbocycles. The number of nitrogens with one attached hydrogen (secondary N) is 1. The minimum Gasteiger partial charge on any atom is -0.354 e. The summed E-state index contributed by atoms with van der Waals surface area (Å²) in [6.07, 6.45) is 8.14. The summed E-state index contributed by atoms with van der Waals surface area (Å²) in [6, 6.07) is 0.376. The van der Waals surface area contributed by atoms with Crippen LogP contribution in [0, 0.1) is 5.92 Å². The number of carbonyl (C=O) groups is 3. The molecule has 3 rings (SSSR count). The van der Waals surface area contributed by atoms with Gasteiger partial charge in [0.2, 0.25) is 17.7 Å². The molecule has 8 heteroatoms. The van der Waals surface area contributed by atoms with Gasteiger partial charge >= 0.3 is 0 Å². The van der Waals surface area contributed by atoms with Gasteiger partial charge in [0.1, 0.15) is 0 Å². The van der Waals surface area contributed by atoms with E-state index in [1.165, 1.54) is 12.8 Å². The highest BCUT2D eigenvalue weighted by atomic mass is 35.5. The minimum absolute atomic E-state index is 0. The maximum atomic E-state index is 13.1. The monoisotopic (exact) mass is 400 g/mol. The van der Waals surface area contributed by atoms with E-state index in [-0.39, 0.29) is 42.1 Å². The molecular weight excluding hydrogens is 368 g/mol. The van der Waals surface area contributed by atoms with E-state index in [1.807, 2.05) is 9.80 Å². The summed E-state index contributed by atoms with van der Waals surface area (Å²) in [6.45, 7) is 2.12. The number of nitrogens with zero attached hydrogens (tertiary/aromatic N) is 2. The summed E-state index contributed by atoms with van der Waals surface area (Å²) < 4.78 is 0. The van der Waals surface area contributed by atoms with Gasteiger partial charge in [-0.1, -0.05) is 12.8 Å². The van der Waals surface area contributed by atoms with Gasteiger partial charge in [0.25, 0.3) is 0 Å². The molecule has 3 amide bonds. The molecule has 3 aliphatic rings. The Labute approximate surface area is 167 Å². The van der Waals surface area contributed by atoms with Crippen molar-refractivity contribution in [3.63, 3.8) is 0 Å². The number of amides is 3. The van der Waals surface area contributed by atoms with Crippen LogP contribution in [0.25, 0.3) is 0 Å². The molecule has 3 N–H and O–H groups in total. The fraction of sp³-hybridized carbons (Fsp3) is 0.842. The van der Waals surface area contributed by atoms with E-state index in [4.69, 9.17) is 5.73 Å². The van der Waals surface area contributed by atoms with Gasteiger partial charge in [0.15, 0.2) is 0 Å². The molecule has 0 bridgehead atoms. The average Bonchev–Trinajstić information content (AvgIpc) is 3.29. The number of halogens is 1. The molecule has 2 saturated heterocycles.